The summed E-state index contributed by atoms with van der Waals surface area (Å²) < 4.78 is 5.44. The summed E-state index contributed by atoms with van der Waals surface area (Å²) in [6.07, 6.45) is 5.44. The molecule has 1 aliphatic rings. The average molecular weight is 283 g/mol. The van der Waals surface area contributed by atoms with Gasteiger partial charge in [-0.2, -0.15) is 0 Å². The first kappa shape index (κ1) is 15.0. The molecule has 2 atom stereocenters. The lowest BCUT2D eigenvalue weighted by atomic mass is 9.94. The molecule has 2 unspecified atom stereocenters. The van der Waals surface area contributed by atoms with Crippen molar-refractivity contribution in [3.63, 3.8) is 0 Å². The van der Waals surface area contributed by atoms with E-state index >= 15 is 0 Å². The number of hydrogen-bond donors (Lipinski definition) is 2. The zero-order chi connectivity index (χ0) is 13.5. The lowest BCUT2D eigenvalue weighted by Gasteiger charge is -2.25. The Bertz CT molecular complexity index is 367. The third-order valence-corrected chi connectivity index (χ3v) is 4.60. The van der Waals surface area contributed by atoms with E-state index in [1.807, 2.05) is 11.3 Å². The van der Waals surface area contributed by atoms with Gasteiger partial charge in [0, 0.05) is 24.1 Å². The standard InChI is InChI=1S/C15H25NO2S/c1-2-3-8-18-11-12(17)10-16-14-5-4-6-15-13(14)7-9-19-15/h7,9,12,14,16-17H,2-6,8,10-11H2,1H3. The Labute approximate surface area is 120 Å². The Morgan fingerprint density at radius 3 is 3.32 bits per heavy atom. The molecule has 0 saturated carbocycles. The Balaban J connectivity index is 1.68. The van der Waals surface area contributed by atoms with Crippen LogP contribution in [0.1, 0.15) is 49.1 Å². The Morgan fingerprint density at radius 2 is 2.47 bits per heavy atom. The number of aliphatic hydroxyl groups excluding tert-OH is 1. The lowest BCUT2D eigenvalue weighted by Crippen LogP contribution is -2.34. The number of fused-ring (bicyclic) bond motifs is 1. The van der Waals surface area contributed by atoms with Crippen molar-refractivity contribution < 1.29 is 9.84 Å². The van der Waals surface area contributed by atoms with E-state index in [2.05, 4.69) is 23.7 Å². The first-order valence-corrected chi connectivity index (χ1v) is 8.24. The van der Waals surface area contributed by atoms with Crippen molar-refractivity contribution in [2.24, 2.45) is 0 Å². The van der Waals surface area contributed by atoms with Gasteiger partial charge in [-0.15, -0.1) is 11.3 Å². The number of rotatable bonds is 8. The Kier molecular flexibility index (Phi) is 6.31. The molecular weight excluding hydrogens is 258 g/mol. The van der Waals surface area contributed by atoms with Gasteiger partial charge in [0.2, 0.25) is 0 Å². The van der Waals surface area contributed by atoms with Gasteiger partial charge >= 0.3 is 0 Å². The van der Waals surface area contributed by atoms with Gasteiger partial charge in [-0.25, -0.2) is 0 Å². The number of aryl methyl sites for hydroxylation is 1. The molecule has 1 aromatic rings. The van der Waals surface area contributed by atoms with Gasteiger partial charge in [0.05, 0.1) is 12.7 Å². The molecule has 2 N–H and O–H groups in total. The summed E-state index contributed by atoms with van der Waals surface area (Å²) in [6, 6.07) is 2.64. The van der Waals surface area contributed by atoms with Crippen LogP contribution in [0.3, 0.4) is 0 Å². The third kappa shape index (κ3) is 4.56. The summed E-state index contributed by atoms with van der Waals surface area (Å²) in [5.74, 6) is 0. The second-order valence-corrected chi connectivity index (χ2v) is 6.24. The molecule has 1 aliphatic carbocycles. The molecule has 0 spiro atoms. The number of aliphatic hydroxyl groups is 1. The molecule has 0 saturated heterocycles. The summed E-state index contributed by atoms with van der Waals surface area (Å²) in [7, 11) is 0. The van der Waals surface area contributed by atoms with Gasteiger partial charge < -0.3 is 15.2 Å². The van der Waals surface area contributed by atoms with E-state index in [1.165, 1.54) is 29.7 Å². The van der Waals surface area contributed by atoms with Crippen molar-refractivity contribution in [2.75, 3.05) is 19.8 Å². The first-order valence-electron chi connectivity index (χ1n) is 7.36. The van der Waals surface area contributed by atoms with E-state index in [0.717, 1.165) is 19.4 Å². The molecule has 0 bridgehead atoms. The highest BCUT2D eigenvalue weighted by Gasteiger charge is 2.21. The smallest absolute Gasteiger partial charge is 0.0897 e. The quantitative estimate of drug-likeness (QED) is 0.721. The van der Waals surface area contributed by atoms with E-state index in [0.29, 0.717) is 19.2 Å². The Hall–Kier alpha value is -0.420. The van der Waals surface area contributed by atoms with Crippen LogP contribution in [0.25, 0.3) is 0 Å². The highest BCUT2D eigenvalue weighted by molar-refractivity contribution is 7.10. The minimum Gasteiger partial charge on any atom is -0.389 e. The van der Waals surface area contributed by atoms with Crippen molar-refractivity contribution >= 4 is 11.3 Å². The summed E-state index contributed by atoms with van der Waals surface area (Å²) in [6.45, 7) is 3.96. The van der Waals surface area contributed by atoms with Crippen LogP contribution in [0.2, 0.25) is 0 Å². The van der Waals surface area contributed by atoms with Crippen LogP contribution in [-0.4, -0.2) is 31.0 Å². The molecule has 1 aromatic heterocycles. The average Bonchev–Trinajstić information content (AvgIpc) is 2.90. The van der Waals surface area contributed by atoms with E-state index in [9.17, 15) is 5.11 Å². The van der Waals surface area contributed by atoms with Crippen LogP contribution in [0.15, 0.2) is 11.4 Å². The van der Waals surface area contributed by atoms with Crippen molar-refractivity contribution in [1.29, 1.82) is 0 Å². The van der Waals surface area contributed by atoms with Gasteiger partial charge in [0.15, 0.2) is 0 Å². The second-order valence-electron chi connectivity index (χ2n) is 5.23. The minimum atomic E-state index is -0.402. The van der Waals surface area contributed by atoms with Gasteiger partial charge in [-0.3, -0.25) is 0 Å². The van der Waals surface area contributed by atoms with Crippen molar-refractivity contribution in [3.8, 4) is 0 Å². The maximum atomic E-state index is 9.89. The van der Waals surface area contributed by atoms with Gasteiger partial charge in [0.25, 0.3) is 0 Å². The molecule has 0 aromatic carbocycles. The summed E-state index contributed by atoms with van der Waals surface area (Å²) >= 11 is 1.86. The predicted octanol–water partition coefficient (Wildman–Crippen LogP) is 2.89. The number of hydrogen-bond acceptors (Lipinski definition) is 4. The van der Waals surface area contributed by atoms with Gasteiger partial charge in [0.1, 0.15) is 0 Å². The number of ether oxygens (including phenoxy) is 1. The molecule has 4 heteroatoms. The molecule has 2 rings (SSSR count). The van der Waals surface area contributed by atoms with E-state index in [-0.39, 0.29) is 0 Å². The van der Waals surface area contributed by atoms with E-state index in [1.54, 1.807) is 0 Å². The first-order chi connectivity index (χ1) is 9.31. The van der Waals surface area contributed by atoms with Crippen LogP contribution in [0, 0.1) is 0 Å². The zero-order valence-corrected chi connectivity index (χ0v) is 12.5. The van der Waals surface area contributed by atoms with Crippen molar-refractivity contribution in [3.05, 3.63) is 21.9 Å². The maximum absolute atomic E-state index is 9.89. The molecule has 108 valence electrons. The predicted molar refractivity (Wildman–Crippen MR) is 79.7 cm³/mol. The fourth-order valence-electron chi connectivity index (χ4n) is 2.50. The SMILES string of the molecule is CCCCOCC(O)CNC1CCCc2sccc21. The number of thiophene rings is 1. The van der Waals surface area contributed by atoms with Crippen LogP contribution < -0.4 is 5.32 Å². The normalized spacial score (nSPS) is 20.2. The van der Waals surface area contributed by atoms with Gasteiger partial charge in [-0.1, -0.05) is 13.3 Å². The topological polar surface area (TPSA) is 41.5 Å². The monoisotopic (exact) mass is 283 g/mol. The van der Waals surface area contributed by atoms with Crippen LogP contribution in [0.5, 0.6) is 0 Å². The largest absolute Gasteiger partial charge is 0.389 e. The number of unbranched alkanes of at least 4 members (excludes halogenated alkanes) is 1. The second kappa shape index (κ2) is 8.00. The summed E-state index contributed by atoms with van der Waals surface area (Å²) in [5.41, 5.74) is 1.44. The molecule has 19 heavy (non-hydrogen) atoms. The molecular formula is C15H25NO2S. The van der Waals surface area contributed by atoms with E-state index < -0.39 is 6.10 Å². The van der Waals surface area contributed by atoms with Crippen LogP contribution in [-0.2, 0) is 11.2 Å². The zero-order valence-electron chi connectivity index (χ0n) is 11.7. The van der Waals surface area contributed by atoms with Crippen molar-refractivity contribution in [2.45, 2.75) is 51.2 Å². The van der Waals surface area contributed by atoms with E-state index in [4.69, 9.17) is 4.74 Å². The highest BCUT2D eigenvalue weighted by atomic mass is 32.1. The molecule has 3 nitrogen and oxygen atoms in total. The third-order valence-electron chi connectivity index (χ3n) is 3.60. The molecule has 1 heterocycles. The Morgan fingerprint density at radius 1 is 1.58 bits per heavy atom. The highest BCUT2D eigenvalue weighted by Crippen LogP contribution is 2.33. The fraction of sp³-hybridized carbons (Fsp3) is 0.733. The summed E-state index contributed by atoms with van der Waals surface area (Å²) in [5, 5.41) is 15.5. The minimum absolute atomic E-state index is 0.402. The molecule has 0 aliphatic heterocycles. The van der Waals surface area contributed by atoms with Crippen LogP contribution >= 0.6 is 11.3 Å². The van der Waals surface area contributed by atoms with Gasteiger partial charge in [-0.05, 0) is 42.7 Å². The van der Waals surface area contributed by atoms with Crippen LogP contribution in [0.4, 0.5) is 0 Å². The molecule has 0 amide bonds. The number of nitrogens with one attached hydrogen (secondary N) is 1. The fourth-order valence-corrected chi connectivity index (χ4v) is 3.49. The maximum Gasteiger partial charge on any atom is 0.0897 e. The molecule has 0 fully saturated rings. The lowest BCUT2D eigenvalue weighted by molar-refractivity contribution is 0.0343. The summed E-state index contributed by atoms with van der Waals surface area (Å²) in [4.78, 5) is 1.51. The molecule has 0 radical (unpaired) electrons. The van der Waals surface area contributed by atoms with Crippen molar-refractivity contribution in [1.82, 2.24) is 5.32 Å².